The van der Waals surface area contributed by atoms with Gasteiger partial charge in [0.15, 0.2) is 5.96 Å². The predicted molar refractivity (Wildman–Crippen MR) is 129 cm³/mol. The number of amides is 1. The summed E-state index contributed by atoms with van der Waals surface area (Å²) in [7, 11) is 3.11. The summed E-state index contributed by atoms with van der Waals surface area (Å²) in [5, 5.41) is 3.30. The van der Waals surface area contributed by atoms with Crippen LogP contribution in [0.3, 0.4) is 0 Å². The Hall–Kier alpha value is -1.82. The Labute approximate surface area is 201 Å². The molecule has 2 saturated heterocycles. The summed E-state index contributed by atoms with van der Waals surface area (Å²) in [4.78, 5) is 35.2. The number of aliphatic imine (C=N–C) groups is 1. The van der Waals surface area contributed by atoms with E-state index in [0.717, 1.165) is 58.1 Å². The van der Waals surface area contributed by atoms with Gasteiger partial charge in [0.2, 0.25) is 5.91 Å². The number of nitrogens with zero attached hydrogens (tertiary/aromatic N) is 4. The maximum Gasteiger partial charge on any atom is 0.341 e. The third-order valence-electron chi connectivity index (χ3n) is 5.94. The molecule has 3 heterocycles. The number of hydrogen-bond acceptors (Lipinski definition) is 6. The molecule has 2 aliphatic rings. The van der Waals surface area contributed by atoms with Gasteiger partial charge in [-0.25, -0.2) is 4.79 Å². The largest absolute Gasteiger partial charge is 0.465 e. The number of carbonyl (C=O) groups is 2. The predicted octanol–water partition coefficient (Wildman–Crippen LogP) is 1.70. The van der Waals surface area contributed by atoms with Crippen molar-refractivity contribution in [3.05, 3.63) is 23.2 Å². The van der Waals surface area contributed by atoms with E-state index in [2.05, 4.69) is 20.1 Å². The van der Waals surface area contributed by atoms with Gasteiger partial charge in [0.05, 0.1) is 19.7 Å². The van der Waals surface area contributed by atoms with Crippen LogP contribution in [-0.2, 0) is 16.1 Å². The summed E-state index contributed by atoms with van der Waals surface area (Å²) in [5.74, 6) is 1.82. The van der Waals surface area contributed by atoms with Gasteiger partial charge in [0.25, 0.3) is 0 Å². The van der Waals surface area contributed by atoms with Crippen molar-refractivity contribution in [2.75, 3.05) is 53.4 Å². The van der Waals surface area contributed by atoms with Gasteiger partial charge in [0.1, 0.15) is 17.1 Å². The fraction of sp³-hybridized carbons (Fsp3) is 0.667. The first-order valence-corrected chi connectivity index (χ1v) is 10.6. The SMILES string of the molecule is CN=C(NCc1cc(C(=O)OC)c(C)o1)N1CCN(C(C)C(=O)N2CCCC2)CC1.I. The Bertz CT molecular complexity index is 783. The zero-order valence-corrected chi connectivity index (χ0v) is 21.2. The Morgan fingerprint density at radius 2 is 1.81 bits per heavy atom. The fourth-order valence-electron chi connectivity index (χ4n) is 4.12. The Morgan fingerprint density at radius 3 is 2.39 bits per heavy atom. The van der Waals surface area contributed by atoms with Gasteiger partial charge in [-0.15, -0.1) is 24.0 Å². The van der Waals surface area contributed by atoms with Gasteiger partial charge in [-0.3, -0.25) is 14.7 Å². The van der Waals surface area contributed by atoms with Gasteiger partial charge in [-0.1, -0.05) is 0 Å². The van der Waals surface area contributed by atoms with Crippen molar-refractivity contribution in [2.45, 2.75) is 39.3 Å². The van der Waals surface area contributed by atoms with Crippen LogP contribution in [0.5, 0.6) is 0 Å². The van der Waals surface area contributed by atoms with E-state index in [4.69, 9.17) is 9.15 Å². The number of methoxy groups -OCH3 is 1. The van der Waals surface area contributed by atoms with Crippen LogP contribution in [0.2, 0.25) is 0 Å². The first kappa shape index (κ1) is 25.4. The number of hydrogen-bond donors (Lipinski definition) is 1. The Morgan fingerprint density at radius 1 is 1.16 bits per heavy atom. The number of piperazine rings is 1. The number of ether oxygens (including phenoxy) is 1. The zero-order chi connectivity index (χ0) is 21.7. The fourth-order valence-corrected chi connectivity index (χ4v) is 4.12. The average Bonchev–Trinajstić information content (AvgIpc) is 3.43. The molecule has 0 saturated carbocycles. The molecule has 174 valence electrons. The normalized spacial score (nSPS) is 18.5. The molecule has 1 unspecified atom stereocenters. The molecule has 2 fully saturated rings. The van der Waals surface area contributed by atoms with Crippen molar-refractivity contribution in [3.8, 4) is 0 Å². The van der Waals surface area contributed by atoms with E-state index in [-0.39, 0.29) is 35.9 Å². The van der Waals surface area contributed by atoms with Gasteiger partial charge in [0, 0.05) is 46.3 Å². The first-order chi connectivity index (χ1) is 14.4. The minimum atomic E-state index is -0.402. The lowest BCUT2D eigenvalue weighted by Crippen LogP contribution is -2.57. The van der Waals surface area contributed by atoms with Crippen LogP contribution in [-0.4, -0.2) is 92.0 Å². The van der Waals surface area contributed by atoms with Crippen molar-refractivity contribution in [1.29, 1.82) is 0 Å². The van der Waals surface area contributed by atoms with Gasteiger partial charge < -0.3 is 24.3 Å². The topological polar surface area (TPSA) is 90.6 Å². The highest BCUT2D eigenvalue weighted by molar-refractivity contribution is 14.0. The lowest BCUT2D eigenvalue weighted by molar-refractivity contribution is -0.135. The molecule has 0 spiro atoms. The zero-order valence-electron chi connectivity index (χ0n) is 18.8. The molecular weight excluding hydrogens is 513 g/mol. The maximum absolute atomic E-state index is 12.7. The minimum absolute atomic E-state index is 0. The Balaban J connectivity index is 0.00000341. The molecule has 0 aliphatic carbocycles. The van der Waals surface area contributed by atoms with Gasteiger partial charge in [-0.05, 0) is 32.8 Å². The van der Waals surface area contributed by atoms with Crippen LogP contribution < -0.4 is 5.32 Å². The smallest absolute Gasteiger partial charge is 0.341 e. The number of guanidine groups is 1. The summed E-state index contributed by atoms with van der Waals surface area (Å²) in [6, 6.07) is 1.62. The highest BCUT2D eigenvalue weighted by Gasteiger charge is 2.30. The van der Waals surface area contributed by atoms with Crippen molar-refractivity contribution in [1.82, 2.24) is 20.0 Å². The molecule has 0 radical (unpaired) electrons. The summed E-state index contributed by atoms with van der Waals surface area (Å²) >= 11 is 0. The van der Waals surface area contributed by atoms with Crippen LogP contribution in [0.25, 0.3) is 0 Å². The van der Waals surface area contributed by atoms with Crippen LogP contribution >= 0.6 is 24.0 Å². The number of rotatable bonds is 5. The van der Waals surface area contributed by atoms with Crippen LogP contribution in [0.15, 0.2) is 15.5 Å². The summed E-state index contributed by atoms with van der Waals surface area (Å²) in [5.41, 5.74) is 0.439. The van der Waals surface area contributed by atoms with E-state index < -0.39 is 5.97 Å². The summed E-state index contributed by atoms with van der Waals surface area (Å²) in [6.07, 6.45) is 2.23. The highest BCUT2D eigenvalue weighted by Crippen LogP contribution is 2.16. The molecule has 31 heavy (non-hydrogen) atoms. The number of likely N-dealkylation sites (tertiary alicyclic amines) is 1. The third kappa shape index (κ3) is 6.12. The van der Waals surface area contributed by atoms with Crippen LogP contribution in [0.1, 0.15) is 41.6 Å². The maximum atomic E-state index is 12.7. The lowest BCUT2D eigenvalue weighted by atomic mass is 10.2. The second kappa shape index (κ2) is 11.7. The molecule has 1 aromatic heterocycles. The van der Waals surface area contributed by atoms with Crippen LogP contribution in [0.4, 0.5) is 0 Å². The lowest BCUT2D eigenvalue weighted by Gasteiger charge is -2.39. The third-order valence-corrected chi connectivity index (χ3v) is 5.94. The van der Waals surface area contributed by atoms with E-state index in [0.29, 0.717) is 23.6 Å². The molecule has 1 N–H and O–H groups in total. The van der Waals surface area contributed by atoms with Crippen molar-refractivity contribution >= 4 is 41.8 Å². The number of aryl methyl sites for hydroxylation is 1. The van der Waals surface area contributed by atoms with Crippen molar-refractivity contribution in [3.63, 3.8) is 0 Å². The Kier molecular flexibility index (Phi) is 9.60. The molecule has 0 bridgehead atoms. The van der Waals surface area contributed by atoms with E-state index in [1.807, 2.05) is 11.8 Å². The summed E-state index contributed by atoms with van der Waals surface area (Å²) in [6.45, 7) is 9.18. The number of furan rings is 1. The van der Waals surface area contributed by atoms with Crippen molar-refractivity contribution in [2.24, 2.45) is 4.99 Å². The molecule has 3 rings (SSSR count). The highest BCUT2D eigenvalue weighted by atomic mass is 127. The van der Waals surface area contributed by atoms with E-state index >= 15 is 0 Å². The summed E-state index contributed by atoms with van der Waals surface area (Å²) < 4.78 is 10.4. The van der Waals surface area contributed by atoms with Crippen molar-refractivity contribution < 1.29 is 18.7 Å². The molecule has 1 amide bonds. The second-order valence-corrected chi connectivity index (χ2v) is 7.81. The number of nitrogens with one attached hydrogen (secondary N) is 1. The average molecular weight is 547 g/mol. The first-order valence-electron chi connectivity index (χ1n) is 10.6. The number of carbonyl (C=O) groups excluding carboxylic acids is 2. The van der Waals surface area contributed by atoms with Gasteiger partial charge in [-0.2, -0.15) is 0 Å². The van der Waals surface area contributed by atoms with Gasteiger partial charge >= 0.3 is 5.97 Å². The molecule has 2 aliphatic heterocycles. The molecular formula is C21H34IN5O4. The van der Waals surface area contributed by atoms with E-state index in [1.54, 1.807) is 20.0 Å². The molecule has 0 aromatic carbocycles. The quantitative estimate of drug-likeness (QED) is 0.260. The van der Waals surface area contributed by atoms with E-state index in [1.165, 1.54) is 7.11 Å². The monoisotopic (exact) mass is 547 g/mol. The second-order valence-electron chi connectivity index (χ2n) is 7.81. The van der Waals surface area contributed by atoms with Crippen LogP contribution in [0, 0.1) is 6.92 Å². The molecule has 9 nitrogen and oxygen atoms in total. The number of halogens is 1. The van der Waals surface area contributed by atoms with E-state index in [9.17, 15) is 9.59 Å². The molecule has 1 aromatic rings. The molecule has 10 heteroatoms. The number of esters is 1. The molecule has 1 atom stereocenters. The standard InChI is InChI=1S/C21H33N5O4.HI/c1-15(19(27)25-7-5-6-8-25)24-9-11-26(12-10-24)21(22-3)23-14-17-13-18(16(2)30-17)20(28)29-4;/h13,15H,5-12,14H2,1-4H3,(H,22,23);1H. The minimum Gasteiger partial charge on any atom is -0.465 e.